The van der Waals surface area contributed by atoms with Crippen molar-refractivity contribution in [3.8, 4) is 0 Å². The van der Waals surface area contributed by atoms with E-state index < -0.39 is 5.82 Å². The fraction of sp³-hybridized carbons (Fsp3) is 0.500. The Morgan fingerprint density at radius 2 is 2.06 bits per heavy atom. The van der Waals surface area contributed by atoms with Gasteiger partial charge >= 0.3 is 0 Å². The maximum Gasteiger partial charge on any atom is 0.164 e. The number of rotatable bonds is 5. The number of carbonyl (C=O) groups is 1. The van der Waals surface area contributed by atoms with E-state index >= 15 is 0 Å². The number of anilines is 1. The molecule has 3 heteroatoms. The average Bonchev–Trinajstić information content (AvgIpc) is 2.29. The molecule has 1 unspecified atom stereocenters. The second-order valence-electron chi connectivity index (χ2n) is 4.23. The van der Waals surface area contributed by atoms with Crippen LogP contribution in [-0.4, -0.2) is 18.4 Å². The third kappa shape index (κ3) is 2.84. The molecule has 1 aromatic carbocycles. The Hall–Kier alpha value is -1.38. The lowest BCUT2D eigenvalue weighted by molar-refractivity contribution is 0.101. The predicted molar refractivity (Wildman–Crippen MR) is 69.2 cm³/mol. The van der Waals surface area contributed by atoms with Crippen LogP contribution in [0.1, 0.15) is 44.5 Å². The number of Topliss-reactive ketones (excluding diaryl/α,β-unsaturated/α-hetero) is 1. The highest BCUT2D eigenvalue weighted by Crippen LogP contribution is 2.26. The molecule has 0 radical (unpaired) electrons. The second kappa shape index (κ2) is 5.80. The molecule has 0 spiro atoms. The summed E-state index contributed by atoms with van der Waals surface area (Å²) in [5, 5.41) is 0. The maximum absolute atomic E-state index is 13.7. The molecule has 0 aliphatic rings. The van der Waals surface area contributed by atoms with Crippen LogP contribution in [0.2, 0.25) is 0 Å². The summed E-state index contributed by atoms with van der Waals surface area (Å²) in [6.07, 6.45) is 0.960. The van der Waals surface area contributed by atoms with Gasteiger partial charge in [0.15, 0.2) is 5.78 Å². The Labute approximate surface area is 102 Å². The third-order valence-corrected chi connectivity index (χ3v) is 3.12. The topological polar surface area (TPSA) is 20.3 Å². The number of hydrogen-bond donors (Lipinski definition) is 0. The van der Waals surface area contributed by atoms with Gasteiger partial charge in [-0.15, -0.1) is 0 Å². The van der Waals surface area contributed by atoms with E-state index in [-0.39, 0.29) is 11.3 Å². The molecule has 0 N–H and O–H groups in total. The molecule has 0 aliphatic carbocycles. The Morgan fingerprint density at radius 1 is 1.41 bits per heavy atom. The molecular weight excluding hydrogens is 217 g/mol. The molecule has 1 aromatic rings. The van der Waals surface area contributed by atoms with Crippen LogP contribution < -0.4 is 4.90 Å². The van der Waals surface area contributed by atoms with E-state index in [1.807, 2.05) is 13.0 Å². The van der Waals surface area contributed by atoms with Crippen molar-refractivity contribution in [3.63, 3.8) is 0 Å². The number of hydrogen-bond acceptors (Lipinski definition) is 2. The zero-order valence-corrected chi connectivity index (χ0v) is 11.0. The Balaban J connectivity index is 3.28. The normalized spacial score (nSPS) is 12.3. The number of carbonyl (C=O) groups excluding carboxylic acids is 1. The van der Waals surface area contributed by atoms with Gasteiger partial charge in [-0.2, -0.15) is 0 Å². The van der Waals surface area contributed by atoms with E-state index in [0.717, 1.165) is 13.0 Å². The minimum atomic E-state index is -0.434. The van der Waals surface area contributed by atoms with Crippen LogP contribution in [0.3, 0.4) is 0 Å². The molecule has 0 bridgehead atoms. The Kier molecular flexibility index (Phi) is 4.67. The van der Waals surface area contributed by atoms with Gasteiger partial charge in [-0.1, -0.05) is 13.0 Å². The summed E-state index contributed by atoms with van der Waals surface area (Å²) in [5.74, 6) is -0.656. The van der Waals surface area contributed by atoms with Gasteiger partial charge in [0.1, 0.15) is 5.82 Å². The highest BCUT2D eigenvalue weighted by molar-refractivity contribution is 6.00. The molecule has 0 aromatic heterocycles. The predicted octanol–water partition coefficient (Wildman–Crippen LogP) is 3.65. The molecule has 0 aliphatic heterocycles. The largest absolute Gasteiger partial charge is 0.368 e. The molecule has 94 valence electrons. The van der Waals surface area contributed by atoms with Crippen molar-refractivity contribution in [1.29, 1.82) is 0 Å². The van der Waals surface area contributed by atoms with E-state index in [0.29, 0.717) is 11.7 Å². The highest BCUT2D eigenvalue weighted by atomic mass is 19.1. The zero-order valence-electron chi connectivity index (χ0n) is 11.0. The SMILES string of the molecule is CCC(C)N(CC)c1cccc(F)c1C(C)=O. The summed E-state index contributed by atoms with van der Waals surface area (Å²) in [7, 11) is 0. The quantitative estimate of drug-likeness (QED) is 0.728. The van der Waals surface area contributed by atoms with Crippen LogP contribution in [0.15, 0.2) is 18.2 Å². The number of benzene rings is 1. The van der Waals surface area contributed by atoms with Crippen molar-refractivity contribution in [2.24, 2.45) is 0 Å². The van der Waals surface area contributed by atoms with E-state index in [2.05, 4.69) is 18.7 Å². The minimum absolute atomic E-state index is 0.203. The van der Waals surface area contributed by atoms with Gasteiger partial charge in [0, 0.05) is 12.6 Å². The molecule has 0 fully saturated rings. The van der Waals surface area contributed by atoms with Gasteiger partial charge in [-0.25, -0.2) is 4.39 Å². The first-order valence-corrected chi connectivity index (χ1v) is 6.08. The monoisotopic (exact) mass is 237 g/mol. The standard InChI is InChI=1S/C14H20FNO/c1-5-10(3)16(6-2)13-9-7-8-12(15)14(13)11(4)17/h7-10H,5-6H2,1-4H3. The molecule has 0 saturated carbocycles. The van der Waals surface area contributed by atoms with Crippen molar-refractivity contribution < 1.29 is 9.18 Å². The summed E-state index contributed by atoms with van der Waals surface area (Å²) in [6, 6.07) is 5.10. The van der Waals surface area contributed by atoms with E-state index in [9.17, 15) is 9.18 Å². The van der Waals surface area contributed by atoms with Gasteiger partial charge in [0.25, 0.3) is 0 Å². The average molecular weight is 237 g/mol. The first kappa shape index (κ1) is 13.7. The van der Waals surface area contributed by atoms with E-state index in [4.69, 9.17) is 0 Å². The lowest BCUT2D eigenvalue weighted by atomic mass is 10.1. The molecular formula is C14H20FNO. The second-order valence-corrected chi connectivity index (χ2v) is 4.23. The van der Waals surface area contributed by atoms with Gasteiger partial charge in [0.2, 0.25) is 0 Å². The summed E-state index contributed by atoms with van der Waals surface area (Å²) in [5.41, 5.74) is 0.906. The van der Waals surface area contributed by atoms with Crippen molar-refractivity contribution in [2.45, 2.75) is 40.2 Å². The highest BCUT2D eigenvalue weighted by Gasteiger charge is 2.19. The summed E-state index contributed by atoms with van der Waals surface area (Å²) < 4.78 is 13.7. The van der Waals surface area contributed by atoms with Gasteiger partial charge in [0.05, 0.1) is 11.3 Å². The number of ketones is 1. The van der Waals surface area contributed by atoms with Crippen LogP contribution >= 0.6 is 0 Å². The summed E-state index contributed by atoms with van der Waals surface area (Å²) >= 11 is 0. The third-order valence-electron chi connectivity index (χ3n) is 3.12. The van der Waals surface area contributed by atoms with Crippen LogP contribution in [0.4, 0.5) is 10.1 Å². The Bertz CT molecular complexity index is 403. The summed E-state index contributed by atoms with van der Waals surface area (Å²) in [6.45, 7) is 8.35. The van der Waals surface area contributed by atoms with Gasteiger partial charge in [-0.05, 0) is 39.3 Å². The van der Waals surface area contributed by atoms with E-state index in [1.54, 1.807) is 6.07 Å². The van der Waals surface area contributed by atoms with Gasteiger partial charge in [-0.3, -0.25) is 4.79 Å². The van der Waals surface area contributed by atoms with Crippen molar-refractivity contribution in [3.05, 3.63) is 29.6 Å². The molecule has 1 atom stereocenters. The molecule has 1 rings (SSSR count). The number of halogens is 1. The summed E-state index contributed by atoms with van der Waals surface area (Å²) in [4.78, 5) is 13.6. The van der Waals surface area contributed by atoms with Crippen LogP contribution in [-0.2, 0) is 0 Å². The fourth-order valence-corrected chi connectivity index (χ4v) is 2.04. The van der Waals surface area contributed by atoms with Crippen molar-refractivity contribution in [1.82, 2.24) is 0 Å². The molecule has 0 saturated heterocycles. The smallest absolute Gasteiger partial charge is 0.164 e. The van der Waals surface area contributed by atoms with Crippen LogP contribution in [0, 0.1) is 5.82 Å². The minimum Gasteiger partial charge on any atom is -0.368 e. The van der Waals surface area contributed by atoms with Crippen molar-refractivity contribution in [2.75, 3.05) is 11.4 Å². The van der Waals surface area contributed by atoms with Crippen LogP contribution in [0.5, 0.6) is 0 Å². The van der Waals surface area contributed by atoms with Crippen LogP contribution in [0.25, 0.3) is 0 Å². The van der Waals surface area contributed by atoms with E-state index in [1.165, 1.54) is 13.0 Å². The first-order valence-electron chi connectivity index (χ1n) is 6.08. The maximum atomic E-state index is 13.7. The lowest BCUT2D eigenvalue weighted by Crippen LogP contribution is -2.33. The zero-order chi connectivity index (χ0) is 13.0. The fourth-order valence-electron chi connectivity index (χ4n) is 2.04. The Morgan fingerprint density at radius 3 is 2.53 bits per heavy atom. The van der Waals surface area contributed by atoms with Crippen molar-refractivity contribution >= 4 is 11.5 Å². The molecule has 0 heterocycles. The molecule has 17 heavy (non-hydrogen) atoms. The first-order chi connectivity index (χ1) is 8.02. The number of nitrogens with zero attached hydrogens (tertiary/aromatic N) is 1. The lowest BCUT2D eigenvalue weighted by Gasteiger charge is -2.31. The molecule has 2 nitrogen and oxygen atoms in total. The van der Waals surface area contributed by atoms with Gasteiger partial charge < -0.3 is 4.90 Å². The molecule has 0 amide bonds.